The molecule has 126 valence electrons. The van der Waals surface area contributed by atoms with Crippen LogP contribution < -0.4 is 5.32 Å². The lowest BCUT2D eigenvalue weighted by Crippen LogP contribution is -2.31. The van der Waals surface area contributed by atoms with Gasteiger partial charge >= 0.3 is 5.69 Å². The van der Waals surface area contributed by atoms with E-state index in [9.17, 15) is 20.0 Å². The van der Waals surface area contributed by atoms with Gasteiger partial charge in [0.2, 0.25) is 0 Å². The molecule has 1 fully saturated rings. The summed E-state index contributed by atoms with van der Waals surface area (Å²) in [4.78, 5) is 22.0. The number of ether oxygens (including phenoxy) is 1. The van der Waals surface area contributed by atoms with Crippen molar-refractivity contribution in [2.75, 3.05) is 13.2 Å². The molecule has 2 N–H and O–H groups in total. The molecular weight excluding hydrogens is 300 g/mol. The number of nitrogens with zero attached hydrogens (tertiary/aromatic N) is 1. The number of nitro groups is 1. The van der Waals surface area contributed by atoms with Gasteiger partial charge in [-0.15, -0.1) is 0 Å². The van der Waals surface area contributed by atoms with Crippen molar-refractivity contribution in [3.63, 3.8) is 0 Å². The van der Waals surface area contributed by atoms with E-state index in [0.29, 0.717) is 19.1 Å². The molecule has 1 amide bonds. The van der Waals surface area contributed by atoms with Gasteiger partial charge in [-0.3, -0.25) is 14.9 Å². The van der Waals surface area contributed by atoms with Crippen LogP contribution in [0.4, 0.5) is 5.69 Å². The zero-order valence-corrected chi connectivity index (χ0v) is 13.2. The van der Waals surface area contributed by atoms with Gasteiger partial charge in [-0.2, -0.15) is 0 Å². The highest BCUT2D eigenvalue weighted by molar-refractivity contribution is 5.95. The zero-order valence-electron chi connectivity index (χ0n) is 13.2. The van der Waals surface area contributed by atoms with E-state index in [-0.39, 0.29) is 11.7 Å². The second-order valence-electron chi connectivity index (χ2n) is 5.89. The van der Waals surface area contributed by atoms with Crippen LogP contribution in [-0.2, 0) is 4.74 Å². The van der Waals surface area contributed by atoms with Crippen LogP contribution in [0.25, 0.3) is 0 Å². The molecule has 1 aliphatic carbocycles. The lowest BCUT2D eigenvalue weighted by molar-refractivity contribution is -0.385. The van der Waals surface area contributed by atoms with Crippen molar-refractivity contribution in [3.8, 4) is 5.75 Å². The summed E-state index contributed by atoms with van der Waals surface area (Å²) >= 11 is 0. The molecule has 1 aliphatic rings. The maximum atomic E-state index is 12.0. The second-order valence-corrected chi connectivity index (χ2v) is 5.89. The minimum Gasteiger partial charge on any atom is -0.502 e. The second kappa shape index (κ2) is 7.92. The van der Waals surface area contributed by atoms with Crippen molar-refractivity contribution in [1.29, 1.82) is 0 Å². The van der Waals surface area contributed by atoms with E-state index in [0.717, 1.165) is 18.6 Å². The topological polar surface area (TPSA) is 102 Å². The molecule has 1 saturated carbocycles. The highest BCUT2D eigenvalue weighted by Gasteiger charge is 2.21. The Kier molecular flexibility index (Phi) is 5.92. The fourth-order valence-corrected chi connectivity index (χ4v) is 2.82. The van der Waals surface area contributed by atoms with E-state index >= 15 is 0 Å². The third kappa shape index (κ3) is 4.66. The van der Waals surface area contributed by atoms with Crippen LogP contribution in [0.5, 0.6) is 5.75 Å². The Balaban J connectivity index is 1.81. The summed E-state index contributed by atoms with van der Waals surface area (Å²) in [5, 5.41) is 22.8. The number of carbonyl (C=O) groups is 1. The normalized spacial score (nSPS) is 20.9. The number of carbonyl (C=O) groups excluding carboxylic acids is 1. The van der Waals surface area contributed by atoms with Gasteiger partial charge in [0.25, 0.3) is 5.91 Å². The third-order valence-electron chi connectivity index (χ3n) is 4.19. The molecule has 1 aromatic carbocycles. The van der Waals surface area contributed by atoms with Gasteiger partial charge in [-0.25, -0.2) is 0 Å². The average molecular weight is 322 g/mol. The Hall–Kier alpha value is -2.15. The van der Waals surface area contributed by atoms with Crippen LogP contribution in [-0.4, -0.2) is 35.2 Å². The molecule has 7 nitrogen and oxygen atoms in total. The molecule has 2 unspecified atom stereocenters. The fraction of sp³-hybridized carbons (Fsp3) is 0.562. The van der Waals surface area contributed by atoms with Gasteiger partial charge in [-0.1, -0.05) is 19.8 Å². The number of hydrogen-bond donors (Lipinski definition) is 2. The lowest BCUT2D eigenvalue weighted by Gasteiger charge is -2.28. The van der Waals surface area contributed by atoms with Crippen molar-refractivity contribution in [2.24, 2.45) is 5.92 Å². The van der Waals surface area contributed by atoms with Gasteiger partial charge in [0.15, 0.2) is 5.75 Å². The Morgan fingerprint density at radius 2 is 2.17 bits per heavy atom. The van der Waals surface area contributed by atoms with Gasteiger partial charge in [0, 0.05) is 18.2 Å². The maximum Gasteiger partial charge on any atom is 0.311 e. The molecule has 1 aromatic rings. The van der Waals surface area contributed by atoms with E-state index in [1.54, 1.807) is 0 Å². The summed E-state index contributed by atoms with van der Waals surface area (Å²) < 4.78 is 5.80. The molecule has 7 heteroatoms. The molecule has 0 bridgehead atoms. The summed E-state index contributed by atoms with van der Waals surface area (Å²) in [6.45, 7) is 2.94. The molecule has 0 radical (unpaired) electrons. The van der Waals surface area contributed by atoms with E-state index in [2.05, 4.69) is 12.2 Å². The predicted molar refractivity (Wildman–Crippen MR) is 84.5 cm³/mol. The molecule has 2 rings (SSSR count). The average Bonchev–Trinajstić information content (AvgIpc) is 2.53. The van der Waals surface area contributed by atoms with Crippen LogP contribution in [0.3, 0.4) is 0 Å². The number of phenolic OH excluding ortho intramolecular Hbond substituents is 1. The smallest absolute Gasteiger partial charge is 0.311 e. The van der Waals surface area contributed by atoms with Crippen LogP contribution in [0.15, 0.2) is 18.2 Å². The highest BCUT2D eigenvalue weighted by atomic mass is 16.6. The SMILES string of the molecule is CC1CCCCC1OCCNC(=O)c1ccc(O)c([N+](=O)[O-])c1. The van der Waals surface area contributed by atoms with Crippen molar-refractivity contribution in [1.82, 2.24) is 5.32 Å². The summed E-state index contributed by atoms with van der Waals surface area (Å²) in [5.41, 5.74) is -0.342. The van der Waals surface area contributed by atoms with E-state index in [1.807, 2.05) is 0 Å². The first-order valence-electron chi connectivity index (χ1n) is 7.86. The molecule has 23 heavy (non-hydrogen) atoms. The van der Waals surface area contributed by atoms with Crippen molar-refractivity contribution >= 4 is 11.6 Å². The van der Waals surface area contributed by atoms with Gasteiger partial charge in [0.05, 0.1) is 17.6 Å². The Morgan fingerprint density at radius 3 is 2.87 bits per heavy atom. The van der Waals surface area contributed by atoms with Gasteiger partial charge < -0.3 is 15.2 Å². The van der Waals surface area contributed by atoms with Crippen LogP contribution in [0.2, 0.25) is 0 Å². The van der Waals surface area contributed by atoms with Crippen molar-refractivity contribution < 1.29 is 19.6 Å². The number of benzene rings is 1. The Labute approximate surface area is 134 Å². The first kappa shape index (κ1) is 17.2. The fourth-order valence-electron chi connectivity index (χ4n) is 2.82. The number of aromatic hydroxyl groups is 1. The number of amides is 1. The number of rotatable bonds is 6. The number of phenols is 1. The molecule has 2 atom stereocenters. The maximum absolute atomic E-state index is 12.0. The number of nitro benzene ring substituents is 1. The minimum atomic E-state index is -0.723. The Bertz CT molecular complexity index is 576. The quantitative estimate of drug-likeness (QED) is 0.476. The molecule has 0 saturated heterocycles. The number of hydrogen-bond acceptors (Lipinski definition) is 5. The summed E-state index contributed by atoms with van der Waals surface area (Å²) in [6, 6.07) is 3.56. The standard InChI is InChI=1S/C16H22N2O5/c1-11-4-2-3-5-15(11)23-9-8-17-16(20)12-6-7-14(19)13(10-12)18(21)22/h6-7,10-11,15,19H,2-5,8-9H2,1H3,(H,17,20). The van der Waals surface area contributed by atoms with Crippen molar-refractivity contribution in [2.45, 2.75) is 38.7 Å². The summed E-state index contributed by atoms with van der Waals surface area (Å²) in [5.74, 6) is -0.339. The molecular formula is C16H22N2O5. The monoisotopic (exact) mass is 322 g/mol. The summed E-state index contributed by atoms with van der Waals surface area (Å²) in [7, 11) is 0. The van der Waals surface area contributed by atoms with Crippen LogP contribution in [0.1, 0.15) is 43.0 Å². The predicted octanol–water partition coefficient (Wildman–Crippen LogP) is 2.63. The van der Waals surface area contributed by atoms with Crippen LogP contribution >= 0.6 is 0 Å². The third-order valence-corrected chi connectivity index (χ3v) is 4.19. The van der Waals surface area contributed by atoms with Gasteiger partial charge in [0.1, 0.15) is 0 Å². The largest absolute Gasteiger partial charge is 0.502 e. The number of nitrogens with one attached hydrogen (secondary N) is 1. The van der Waals surface area contributed by atoms with Crippen molar-refractivity contribution in [3.05, 3.63) is 33.9 Å². The van der Waals surface area contributed by atoms with Gasteiger partial charge in [-0.05, 0) is 30.9 Å². The first-order chi connectivity index (χ1) is 11.0. The lowest BCUT2D eigenvalue weighted by atomic mass is 9.88. The highest BCUT2D eigenvalue weighted by Crippen LogP contribution is 2.27. The molecule has 0 heterocycles. The Morgan fingerprint density at radius 1 is 1.43 bits per heavy atom. The molecule has 0 spiro atoms. The van der Waals surface area contributed by atoms with Crippen LogP contribution in [0, 0.1) is 16.0 Å². The zero-order chi connectivity index (χ0) is 16.8. The van der Waals surface area contributed by atoms with E-state index < -0.39 is 22.3 Å². The molecule has 0 aliphatic heterocycles. The molecule has 0 aromatic heterocycles. The first-order valence-corrected chi connectivity index (χ1v) is 7.86. The van der Waals surface area contributed by atoms with E-state index in [1.165, 1.54) is 25.3 Å². The summed E-state index contributed by atoms with van der Waals surface area (Å²) in [6.07, 6.45) is 4.90. The minimum absolute atomic E-state index is 0.139. The van der Waals surface area contributed by atoms with E-state index in [4.69, 9.17) is 4.74 Å².